The fraction of sp³-hybridized carbons (Fsp3) is 0.478. The highest BCUT2D eigenvalue weighted by Crippen LogP contribution is 2.30. The van der Waals surface area contributed by atoms with E-state index in [-0.39, 0.29) is 35.5 Å². The quantitative estimate of drug-likeness (QED) is 0.432. The van der Waals surface area contributed by atoms with Gasteiger partial charge in [0.05, 0.1) is 29.2 Å². The maximum Gasteiger partial charge on any atom is 0.270 e. The number of methoxy groups -OCH3 is 1. The van der Waals surface area contributed by atoms with Crippen LogP contribution in [0.15, 0.2) is 29.3 Å². The third-order valence-electron chi connectivity index (χ3n) is 6.32. The highest BCUT2D eigenvalue weighted by Gasteiger charge is 2.34. The fourth-order valence-corrected chi connectivity index (χ4v) is 6.02. The number of sulfonamides is 1. The standard InChI is InChI=1S/C23H30N4O6S/c1-15-6-7-19(27(29)30)12-21(15)34(31,32)26-10-8-18(9-11-26)23(28)25(4)14-20-17(3)22(33-5)16(2)13-24-20/h6-7,12-13,18H,8-11,14H2,1-5H3. The van der Waals surface area contributed by atoms with Crippen LogP contribution in [0.4, 0.5) is 5.69 Å². The molecule has 1 saturated heterocycles. The number of aryl methyl sites for hydroxylation is 2. The van der Waals surface area contributed by atoms with Crippen molar-refractivity contribution in [3.8, 4) is 5.75 Å². The molecule has 184 valence electrons. The number of benzene rings is 1. The molecule has 34 heavy (non-hydrogen) atoms. The van der Waals surface area contributed by atoms with E-state index in [0.29, 0.717) is 24.9 Å². The molecule has 0 saturated carbocycles. The number of rotatable bonds is 7. The summed E-state index contributed by atoms with van der Waals surface area (Å²) in [7, 11) is -0.588. The summed E-state index contributed by atoms with van der Waals surface area (Å²) in [5.74, 6) is 0.375. The SMILES string of the molecule is COc1c(C)cnc(CN(C)C(=O)C2CCN(S(=O)(=O)c3cc([N+](=O)[O-])ccc3C)CC2)c1C. The number of carbonyl (C=O) groups is 1. The van der Waals surface area contributed by atoms with Crippen LogP contribution < -0.4 is 4.74 Å². The van der Waals surface area contributed by atoms with Gasteiger partial charge in [0.25, 0.3) is 5.69 Å². The predicted octanol–water partition coefficient (Wildman–Crippen LogP) is 2.98. The van der Waals surface area contributed by atoms with Crippen molar-refractivity contribution in [2.24, 2.45) is 5.92 Å². The van der Waals surface area contributed by atoms with Crippen molar-refractivity contribution in [2.75, 3.05) is 27.2 Å². The van der Waals surface area contributed by atoms with Gasteiger partial charge in [-0.3, -0.25) is 19.9 Å². The molecule has 0 aliphatic carbocycles. The molecule has 0 N–H and O–H groups in total. The molecule has 2 heterocycles. The van der Waals surface area contributed by atoms with E-state index in [1.165, 1.54) is 16.4 Å². The zero-order chi connectivity index (χ0) is 25.2. The Kier molecular flexibility index (Phi) is 7.57. The van der Waals surface area contributed by atoms with Crippen LogP contribution in [0.25, 0.3) is 0 Å². The molecule has 0 radical (unpaired) electrons. The summed E-state index contributed by atoms with van der Waals surface area (Å²) >= 11 is 0. The smallest absolute Gasteiger partial charge is 0.270 e. The van der Waals surface area contributed by atoms with E-state index in [1.807, 2.05) is 13.8 Å². The third-order valence-corrected chi connectivity index (χ3v) is 8.36. The van der Waals surface area contributed by atoms with Crippen molar-refractivity contribution in [2.45, 2.75) is 45.1 Å². The molecule has 10 nitrogen and oxygen atoms in total. The van der Waals surface area contributed by atoms with Gasteiger partial charge in [0.15, 0.2) is 0 Å². The highest BCUT2D eigenvalue weighted by molar-refractivity contribution is 7.89. The van der Waals surface area contributed by atoms with Gasteiger partial charge in [0, 0.05) is 55.5 Å². The topological polar surface area (TPSA) is 123 Å². The Labute approximate surface area is 199 Å². The Bertz CT molecular complexity index is 1210. The van der Waals surface area contributed by atoms with Crippen LogP contribution in [0.5, 0.6) is 5.75 Å². The normalized spacial score (nSPS) is 15.2. The first-order valence-corrected chi connectivity index (χ1v) is 12.4. The lowest BCUT2D eigenvalue weighted by molar-refractivity contribution is -0.385. The molecule has 0 bridgehead atoms. The lowest BCUT2D eigenvalue weighted by Gasteiger charge is -2.32. The first-order chi connectivity index (χ1) is 16.0. The maximum absolute atomic E-state index is 13.1. The molecule has 11 heteroatoms. The van der Waals surface area contributed by atoms with Gasteiger partial charge >= 0.3 is 0 Å². The van der Waals surface area contributed by atoms with Gasteiger partial charge < -0.3 is 9.64 Å². The zero-order valence-corrected chi connectivity index (χ0v) is 20.9. The molecular weight excluding hydrogens is 460 g/mol. The Morgan fingerprint density at radius 3 is 2.47 bits per heavy atom. The maximum atomic E-state index is 13.1. The highest BCUT2D eigenvalue weighted by atomic mass is 32.2. The number of carbonyl (C=O) groups excluding carboxylic acids is 1. The number of non-ortho nitro benzene ring substituents is 1. The van der Waals surface area contributed by atoms with Crippen LogP contribution in [-0.4, -0.2) is 60.7 Å². The molecular formula is C23H30N4O6S. The number of nitro benzene ring substituents is 1. The molecule has 1 amide bonds. The van der Waals surface area contributed by atoms with Crippen LogP contribution in [-0.2, 0) is 21.4 Å². The predicted molar refractivity (Wildman–Crippen MR) is 126 cm³/mol. The summed E-state index contributed by atoms with van der Waals surface area (Å²) in [5, 5.41) is 11.1. The minimum atomic E-state index is -3.90. The molecule has 0 unspecified atom stereocenters. The molecule has 2 aromatic rings. The number of hydrogen-bond acceptors (Lipinski definition) is 7. The molecule has 1 fully saturated rings. The minimum Gasteiger partial charge on any atom is -0.496 e. The van der Waals surface area contributed by atoms with Gasteiger partial charge in [-0.05, 0) is 39.2 Å². The second-order valence-electron chi connectivity index (χ2n) is 8.63. The average molecular weight is 491 g/mol. The zero-order valence-electron chi connectivity index (χ0n) is 20.1. The largest absolute Gasteiger partial charge is 0.496 e. The second-order valence-corrected chi connectivity index (χ2v) is 10.5. The summed E-state index contributed by atoms with van der Waals surface area (Å²) < 4.78 is 33.0. The van der Waals surface area contributed by atoms with Crippen molar-refractivity contribution in [1.29, 1.82) is 0 Å². The van der Waals surface area contributed by atoms with E-state index in [0.717, 1.165) is 28.6 Å². The van der Waals surface area contributed by atoms with Gasteiger partial charge in [0.1, 0.15) is 5.75 Å². The average Bonchev–Trinajstić information content (AvgIpc) is 2.80. The van der Waals surface area contributed by atoms with E-state index in [4.69, 9.17) is 4.74 Å². The Hall–Kier alpha value is -3.05. The van der Waals surface area contributed by atoms with E-state index >= 15 is 0 Å². The monoisotopic (exact) mass is 490 g/mol. The number of hydrogen-bond donors (Lipinski definition) is 0. The molecule has 1 aromatic heterocycles. The molecule has 0 atom stereocenters. The summed E-state index contributed by atoms with van der Waals surface area (Å²) in [6.45, 7) is 6.10. The first-order valence-electron chi connectivity index (χ1n) is 11.0. The molecule has 1 aliphatic rings. The number of nitro groups is 1. The van der Waals surface area contributed by atoms with Crippen molar-refractivity contribution < 1.29 is 22.9 Å². The number of pyridine rings is 1. The van der Waals surface area contributed by atoms with Crippen molar-refractivity contribution in [3.63, 3.8) is 0 Å². The number of ether oxygens (including phenoxy) is 1. The minimum absolute atomic E-state index is 0.0654. The van der Waals surface area contributed by atoms with Gasteiger partial charge in [0.2, 0.25) is 15.9 Å². The van der Waals surface area contributed by atoms with E-state index in [9.17, 15) is 23.3 Å². The summed E-state index contributed by atoms with van der Waals surface area (Å²) in [6.07, 6.45) is 2.47. The fourth-order valence-electron chi connectivity index (χ4n) is 4.31. The van der Waals surface area contributed by atoms with E-state index < -0.39 is 14.9 Å². The summed E-state index contributed by atoms with van der Waals surface area (Å²) in [5.41, 5.74) is 2.73. The Morgan fingerprint density at radius 2 is 1.88 bits per heavy atom. The molecule has 0 spiro atoms. The Balaban J connectivity index is 1.68. The van der Waals surface area contributed by atoms with Gasteiger partial charge in [-0.2, -0.15) is 4.31 Å². The van der Waals surface area contributed by atoms with Crippen LogP contribution in [0, 0.1) is 36.8 Å². The summed E-state index contributed by atoms with van der Waals surface area (Å²) in [4.78, 5) is 29.5. The summed E-state index contributed by atoms with van der Waals surface area (Å²) in [6, 6.07) is 3.82. The number of amides is 1. The number of aromatic nitrogens is 1. The van der Waals surface area contributed by atoms with Gasteiger partial charge in [-0.25, -0.2) is 8.42 Å². The number of piperidine rings is 1. The van der Waals surface area contributed by atoms with Crippen LogP contribution in [0.1, 0.15) is 35.2 Å². The van der Waals surface area contributed by atoms with Crippen molar-refractivity contribution in [1.82, 2.24) is 14.2 Å². The van der Waals surface area contributed by atoms with Crippen LogP contribution in [0.2, 0.25) is 0 Å². The lowest BCUT2D eigenvalue weighted by atomic mass is 9.96. The second kappa shape index (κ2) is 10.1. The van der Waals surface area contributed by atoms with Crippen molar-refractivity contribution in [3.05, 3.63) is 56.9 Å². The van der Waals surface area contributed by atoms with Crippen molar-refractivity contribution >= 4 is 21.6 Å². The third kappa shape index (κ3) is 5.05. The molecule has 1 aromatic carbocycles. The number of nitrogens with zero attached hydrogens (tertiary/aromatic N) is 4. The van der Waals surface area contributed by atoms with E-state index in [1.54, 1.807) is 32.2 Å². The van der Waals surface area contributed by atoms with Crippen LogP contribution in [0.3, 0.4) is 0 Å². The lowest BCUT2D eigenvalue weighted by Crippen LogP contribution is -2.43. The van der Waals surface area contributed by atoms with Gasteiger partial charge in [-0.15, -0.1) is 0 Å². The molecule has 3 rings (SSSR count). The first kappa shape index (κ1) is 25.6. The van der Waals surface area contributed by atoms with Crippen LogP contribution >= 0.6 is 0 Å². The molecule has 1 aliphatic heterocycles. The Morgan fingerprint density at radius 1 is 1.24 bits per heavy atom. The van der Waals surface area contributed by atoms with Gasteiger partial charge in [-0.1, -0.05) is 6.07 Å². The van der Waals surface area contributed by atoms with E-state index in [2.05, 4.69) is 4.98 Å².